The average molecular weight is 592 g/mol. The molecule has 42 heavy (non-hydrogen) atoms. The monoisotopic (exact) mass is 591 g/mol. The summed E-state index contributed by atoms with van der Waals surface area (Å²) < 4.78 is 13.1. The first kappa shape index (κ1) is 31.7. The van der Waals surface area contributed by atoms with E-state index in [0.29, 0.717) is 19.5 Å². The fourth-order valence-corrected chi connectivity index (χ4v) is 5.87. The maximum Gasteiger partial charge on any atom is 0.220 e. The third-order valence-corrected chi connectivity index (χ3v) is 8.39. The SMILES string of the molecule is CC(=O)NCCCCCC(=O)NCc1ccc([C@@H]2O[C@H](CSc3ccccn3)[C@H](C)[C@H](c3ccc(CO)cc3)O2)cc1. The predicted molar refractivity (Wildman–Crippen MR) is 163 cm³/mol. The molecule has 0 aliphatic carbocycles. The lowest BCUT2D eigenvalue weighted by atomic mass is 9.91. The van der Waals surface area contributed by atoms with E-state index >= 15 is 0 Å². The summed E-state index contributed by atoms with van der Waals surface area (Å²) in [6.07, 6.45) is 4.04. The third-order valence-electron chi connectivity index (χ3n) is 7.35. The summed E-state index contributed by atoms with van der Waals surface area (Å²) in [5.41, 5.74) is 3.83. The Labute approximate surface area is 252 Å². The molecule has 1 fully saturated rings. The second kappa shape index (κ2) is 16.4. The molecule has 1 saturated heterocycles. The fourth-order valence-electron chi connectivity index (χ4n) is 4.84. The molecule has 1 aromatic heterocycles. The van der Waals surface area contributed by atoms with Crippen molar-refractivity contribution in [3.05, 3.63) is 95.2 Å². The molecule has 0 spiro atoms. The van der Waals surface area contributed by atoms with Gasteiger partial charge in [0.25, 0.3) is 0 Å². The first-order valence-electron chi connectivity index (χ1n) is 14.6. The molecule has 3 N–H and O–H groups in total. The van der Waals surface area contributed by atoms with Gasteiger partial charge in [0.2, 0.25) is 11.8 Å². The molecule has 2 aromatic carbocycles. The number of thioether (sulfide) groups is 1. The molecule has 0 unspecified atom stereocenters. The number of pyridine rings is 1. The van der Waals surface area contributed by atoms with Crippen molar-refractivity contribution in [2.24, 2.45) is 5.92 Å². The summed E-state index contributed by atoms with van der Waals surface area (Å²) in [6, 6.07) is 21.8. The molecule has 0 radical (unpaired) electrons. The lowest BCUT2D eigenvalue weighted by Crippen LogP contribution is -2.38. The van der Waals surface area contributed by atoms with E-state index in [1.54, 1.807) is 18.0 Å². The molecule has 1 aliphatic heterocycles. The summed E-state index contributed by atoms with van der Waals surface area (Å²) in [5, 5.41) is 16.2. The van der Waals surface area contributed by atoms with Gasteiger partial charge in [0.1, 0.15) is 0 Å². The predicted octanol–water partition coefficient (Wildman–Crippen LogP) is 5.47. The normalized spacial score (nSPS) is 20.2. The van der Waals surface area contributed by atoms with Crippen molar-refractivity contribution in [3.63, 3.8) is 0 Å². The topological polar surface area (TPSA) is 110 Å². The number of carbonyl (C=O) groups excluding carboxylic acids is 2. The van der Waals surface area contributed by atoms with Gasteiger partial charge in [0.15, 0.2) is 6.29 Å². The first-order valence-corrected chi connectivity index (χ1v) is 15.6. The Bertz CT molecular complexity index is 1260. The minimum Gasteiger partial charge on any atom is -0.392 e. The Balaban J connectivity index is 1.35. The van der Waals surface area contributed by atoms with E-state index in [-0.39, 0.29) is 36.5 Å². The van der Waals surface area contributed by atoms with Crippen LogP contribution in [0.25, 0.3) is 0 Å². The molecule has 4 atom stereocenters. The standard InChI is InChI=1S/C33H41N3O5S/c1-23-29(22-42-31-9-5-7-19-35-31)40-33(41-32(23)27-14-12-26(21-37)13-15-27)28-16-10-25(11-17-28)20-36-30(39)8-4-3-6-18-34-24(2)38/h5,7,9-17,19,23,29,32-33,37H,3-4,6,8,18,20-22H2,1-2H3,(H,34,38)(H,36,39)/t23-,29+,32+,33+/m0/s1. The molecule has 9 heteroatoms. The molecule has 224 valence electrons. The maximum atomic E-state index is 12.3. The number of aromatic nitrogens is 1. The zero-order valence-corrected chi connectivity index (χ0v) is 25.1. The van der Waals surface area contributed by atoms with Gasteiger partial charge < -0.3 is 25.2 Å². The van der Waals surface area contributed by atoms with Crippen molar-refractivity contribution in [2.75, 3.05) is 12.3 Å². The van der Waals surface area contributed by atoms with Crippen LogP contribution in [0, 0.1) is 5.92 Å². The number of aliphatic hydroxyl groups excluding tert-OH is 1. The summed E-state index contributed by atoms with van der Waals surface area (Å²) in [5.74, 6) is 0.829. The number of unbranched alkanes of at least 4 members (excludes halogenated alkanes) is 2. The number of aliphatic hydroxyl groups is 1. The average Bonchev–Trinajstić information content (AvgIpc) is 3.02. The van der Waals surface area contributed by atoms with E-state index < -0.39 is 6.29 Å². The second-order valence-electron chi connectivity index (χ2n) is 10.6. The summed E-state index contributed by atoms with van der Waals surface area (Å²) in [6.45, 7) is 4.77. The highest BCUT2D eigenvalue weighted by molar-refractivity contribution is 7.99. The number of rotatable bonds is 14. The van der Waals surface area contributed by atoms with Crippen molar-refractivity contribution in [1.82, 2.24) is 15.6 Å². The van der Waals surface area contributed by atoms with Gasteiger partial charge >= 0.3 is 0 Å². The van der Waals surface area contributed by atoms with Crippen molar-refractivity contribution in [2.45, 2.75) is 76.2 Å². The van der Waals surface area contributed by atoms with E-state index in [0.717, 1.165) is 52.3 Å². The maximum absolute atomic E-state index is 12.3. The Morgan fingerprint density at radius 1 is 0.905 bits per heavy atom. The Kier molecular flexibility index (Phi) is 12.4. The van der Waals surface area contributed by atoms with Crippen LogP contribution in [0.2, 0.25) is 0 Å². The Hall–Kier alpha value is -3.24. The zero-order chi connectivity index (χ0) is 29.7. The lowest BCUT2D eigenvalue weighted by Gasteiger charge is -2.41. The Morgan fingerprint density at radius 3 is 2.33 bits per heavy atom. The minimum atomic E-state index is -0.542. The van der Waals surface area contributed by atoms with Crippen LogP contribution in [0.4, 0.5) is 0 Å². The van der Waals surface area contributed by atoms with E-state index in [4.69, 9.17) is 9.47 Å². The first-order chi connectivity index (χ1) is 20.4. The smallest absolute Gasteiger partial charge is 0.220 e. The largest absolute Gasteiger partial charge is 0.392 e. The number of carbonyl (C=O) groups is 2. The van der Waals surface area contributed by atoms with Gasteiger partial charge in [-0.1, -0.05) is 67.9 Å². The molecule has 2 heterocycles. The highest BCUT2D eigenvalue weighted by atomic mass is 32.2. The van der Waals surface area contributed by atoms with Gasteiger partial charge in [-0.05, 0) is 41.7 Å². The van der Waals surface area contributed by atoms with Gasteiger partial charge in [-0.25, -0.2) is 4.98 Å². The highest BCUT2D eigenvalue weighted by Crippen LogP contribution is 2.42. The summed E-state index contributed by atoms with van der Waals surface area (Å²) in [4.78, 5) is 27.6. The Morgan fingerprint density at radius 2 is 1.64 bits per heavy atom. The third kappa shape index (κ3) is 9.66. The lowest BCUT2D eigenvalue weighted by molar-refractivity contribution is -0.268. The molecule has 4 rings (SSSR count). The van der Waals surface area contributed by atoms with Gasteiger partial charge in [-0.15, -0.1) is 11.8 Å². The van der Waals surface area contributed by atoms with Crippen LogP contribution in [-0.2, 0) is 32.2 Å². The molecule has 1 aliphatic rings. The van der Waals surface area contributed by atoms with Gasteiger partial charge in [-0.2, -0.15) is 0 Å². The molecule has 8 nitrogen and oxygen atoms in total. The fraction of sp³-hybridized carbons (Fsp3) is 0.424. The van der Waals surface area contributed by atoms with Gasteiger partial charge in [0.05, 0.1) is 23.8 Å². The number of hydrogen-bond donors (Lipinski definition) is 3. The zero-order valence-electron chi connectivity index (χ0n) is 24.3. The molecule has 0 bridgehead atoms. The van der Waals surface area contributed by atoms with Gasteiger partial charge in [-0.3, -0.25) is 9.59 Å². The van der Waals surface area contributed by atoms with E-state index in [2.05, 4.69) is 22.5 Å². The number of benzene rings is 2. The molecule has 0 saturated carbocycles. The number of amides is 2. The molecule has 2 amide bonds. The molecule has 3 aromatic rings. The summed E-state index contributed by atoms with van der Waals surface area (Å²) in [7, 11) is 0. The van der Waals surface area contributed by atoms with E-state index in [9.17, 15) is 14.7 Å². The van der Waals surface area contributed by atoms with Crippen LogP contribution >= 0.6 is 11.8 Å². The second-order valence-corrected chi connectivity index (χ2v) is 11.7. The number of hydrogen-bond acceptors (Lipinski definition) is 7. The van der Waals surface area contributed by atoms with Crippen LogP contribution in [0.5, 0.6) is 0 Å². The van der Waals surface area contributed by atoms with Crippen LogP contribution in [0.15, 0.2) is 78.0 Å². The van der Waals surface area contributed by atoms with E-state index in [1.165, 1.54) is 6.92 Å². The van der Waals surface area contributed by atoms with Crippen molar-refractivity contribution < 1.29 is 24.2 Å². The number of nitrogens with one attached hydrogen (secondary N) is 2. The molecular formula is C33H41N3O5S. The molecular weight excluding hydrogens is 550 g/mol. The number of nitrogens with zero attached hydrogens (tertiary/aromatic N) is 1. The summed E-state index contributed by atoms with van der Waals surface area (Å²) >= 11 is 1.67. The highest BCUT2D eigenvalue weighted by Gasteiger charge is 2.38. The minimum absolute atomic E-state index is 0.00315. The van der Waals surface area contributed by atoms with E-state index in [1.807, 2.05) is 66.7 Å². The van der Waals surface area contributed by atoms with Gasteiger partial charge in [0, 0.05) is 49.9 Å². The van der Waals surface area contributed by atoms with Crippen LogP contribution in [0.3, 0.4) is 0 Å². The van der Waals surface area contributed by atoms with Crippen molar-refractivity contribution >= 4 is 23.6 Å². The van der Waals surface area contributed by atoms with Crippen molar-refractivity contribution in [3.8, 4) is 0 Å². The quantitative estimate of drug-likeness (QED) is 0.168. The van der Waals surface area contributed by atoms with Crippen LogP contribution in [-0.4, -0.2) is 40.3 Å². The van der Waals surface area contributed by atoms with Crippen LogP contribution < -0.4 is 10.6 Å². The van der Waals surface area contributed by atoms with Crippen molar-refractivity contribution in [1.29, 1.82) is 0 Å². The number of ether oxygens (including phenoxy) is 2. The van der Waals surface area contributed by atoms with Crippen LogP contribution in [0.1, 0.15) is 74.2 Å².